The number of hydrogen-bond acceptors (Lipinski definition) is 5. The molecular formula is C18H15N3O3S. The van der Waals surface area contributed by atoms with Gasteiger partial charge in [-0.1, -0.05) is 30.3 Å². The maximum atomic E-state index is 12.4. The Balaban J connectivity index is 1.87. The average molecular weight is 353 g/mol. The molecule has 2 heterocycles. The minimum atomic E-state index is -0.401. The first-order chi connectivity index (χ1) is 12.1. The number of nitro benzene ring substituents is 1. The van der Waals surface area contributed by atoms with Gasteiger partial charge in [0.15, 0.2) is 0 Å². The number of non-ortho nitro benzene ring substituents is 1. The number of anilines is 1. The van der Waals surface area contributed by atoms with E-state index in [1.54, 1.807) is 12.1 Å². The molecule has 4 rings (SSSR count). The molecule has 0 saturated heterocycles. The number of fused-ring (bicyclic) bond motifs is 3. The Labute approximate surface area is 147 Å². The lowest BCUT2D eigenvalue weighted by atomic mass is 10.1. The van der Waals surface area contributed by atoms with Crippen LogP contribution in [0.1, 0.15) is 15.2 Å². The van der Waals surface area contributed by atoms with Gasteiger partial charge in [-0.3, -0.25) is 14.9 Å². The van der Waals surface area contributed by atoms with Crippen LogP contribution in [0.3, 0.4) is 0 Å². The lowest BCUT2D eigenvalue weighted by Gasteiger charge is -2.23. The van der Waals surface area contributed by atoms with E-state index in [1.807, 2.05) is 30.3 Å². The van der Waals surface area contributed by atoms with Crippen LogP contribution in [0.25, 0.3) is 10.1 Å². The quantitative estimate of drug-likeness (QED) is 0.577. The molecule has 1 aliphatic heterocycles. The number of thiophene rings is 1. The van der Waals surface area contributed by atoms with E-state index in [0.717, 1.165) is 21.3 Å². The molecule has 1 N–H and O–H groups in total. The van der Waals surface area contributed by atoms with Gasteiger partial charge >= 0.3 is 0 Å². The third-order valence-electron chi connectivity index (χ3n) is 4.26. The van der Waals surface area contributed by atoms with Crippen LogP contribution in [-0.4, -0.2) is 23.9 Å². The summed E-state index contributed by atoms with van der Waals surface area (Å²) in [6.45, 7) is 1.85. The van der Waals surface area contributed by atoms with Gasteiger partial charge in [0.05, 0.1) is 10.6 Å². The standard InChI is InChI=1S/C18H15N3O3S/c22-18-17-16(14-10-13(21(23)24)6-7-15(14)25-17)20(9-8-19-18)11-12-4-2-1-3-5-12/h1-7,10H,8-9,11H2,(H,19,22). The van der Waals surface area contributed by atoms with E-state index in [4.69, 9.17) is 0 Å². The number of carbonyl (C=O) groups excluding carboxylic acids is 1. The van der Waals surface area contributed by atoms with Crippen LogP contribution >= 0.6 is 11.3 Å². The van der Waals surface area contributed by atoms with Gasteiger partial charge in [0, 0.05) is 41.9 Å². The Bertz CT molecular complexity index is 968. The molecule has 1 aromatic heterocycles. The van der Waals surface area contributed by atoms with E-state index in [1.165, 1.54) is 17.4 Å². The zero-order chi connectivity index (χ0) is 17.4. The highest BCUT2D eigenvalue weighted by molar-refractivity contribution is 7.21. The fourth-order valence-electron chi connectivity index (χ4n) is 3.11. The number of nitrogens with one attached hydrogen (secondary N) is 1. The van der Waals surface area contributed by atoms with Crippen molar-refractivity contribution in [1.82, 2.24) is 5.32 Å². The van der Waals surface area contributed by atoms with Crippen molar-refractivity contribution >= 4 is 38.7 Å². The van der Waals surface area contributed by atoms with Crippen LogP contribution in [0.5, 0.6) is 0 Å². The van der Waals surface area contributed by atoms with Crippen molar-refractivity contribution in [3.05, 3.63) is 69.1 Å². The molecule has 2 aromatic carbocycles. The third kappa shape index (κ3) is 2.83. The van der Waals surface area contributed by atoms with Gasteiger partial charge in [0.2, 0.25) is 0 Å². The molecular weight excluding hydrogens is 338 g/mol. The molecule has 3 aromatic rings. The lowest BCUT2D eigenvalue weighted by molar-refractivity contribution is -0.384. The summed E-state index contributed by atoms with van der Waals surface area (Å²) in [5, 5.41) is 14.8. The maximum Gasteiger partial charge on any atom is 0.270 e. The monoisotopic (exact) mass is 353 g/mol. The van der Waals surface area contributed by atoms with Crippen molar-refractivity contribution in [3.8, 4) is 0 Å². The number of hydrogen-bond donors (Lipinski definition) is 1. The molecule has 0 spiro atoms. The second kappa shape index (κ2) is 6.18. The highest BCUT2D eigenvalue weighted by Crippen LogP contribution is 2.41. The van der Waals surface area contributed by atoms with Gasteiger partial charge in [0.1, 0.15) is 4.88 Å². The summed E-state index contributed by atoms with van der Waals surface area (Å²) in [6.07, 6.45) is 0. The normalized spacial score (nSPS) is 14.1. The van der Waals surface area contributed by atoms with Crippen molar-refractivity contribution in [2.24, 2.45) is 0 Å². The summed E-state index contributed by atoms with van der Waals surface area (Å²) in [4.78, 5) is 25.9. The number of nitro groups is 1. The molecule has 0 saturated carbocycles. The van der Waals surface area contributed by atoms with Crippen LogP contribution in [0, 0.1) is 10.1 Å². The molecule has 126 valence electrons. The van der Waals surface area contributed by atoms with E-state index >= 15 is 0 Å². The SMILES string of the molecule is O=C1NCCN(Cc2ccccc2)c2c1sc1ccc([N+](=O)[O-])cc21. The van der Waals surface area contributed by atoms with Crippen LogP contribution in [0.4, 0.5) is 11.4 Å². The number of carbonyl (C=O) groups is 1. The topological polar surface area (TPSA) is 75.5 Å². The molecule has 0 fully saturated rings. The van der Waals surface area contributed by atoms with Gasteiger partial charge in [-0.25, -0.2) is 0 Å². The molecule has 0 unspecified atom stereocenters. The molecule has 0 aliphatic carbocycles. The Kier molecular flexibility index (Phi) is 3.85. The molecule has 0 atom stereocenters. The van der Waals surface area contributed by atoms with Crippen LogP contribution < -0.4 is 10.2 Å². The van der Waals surface area contributed by atoms with Crippen LogP contribution in [-0.2, 0) is 6.54 Å². The van der Waals surface area contributed by atoms with Crippen LogP contribution in [0.15, 0.2) is 48.5 Å². The molecule has 7 heteroatoms. The highest BCUT2D eigenvalue weighted by atomic mass is 32.1. The van der Waals surface area contributed by atoms with Crippen molar-refractivity contribution in [1.29, 1.82) is 0 Å². The Morgan fingerprint density at radius 1 is 1.20 bits per heavy atom. The molecule has 25 heavy (non-hydrogen) atoms. The van der Waals surface area contributed by atoms with Crippen molar-refractivity contribution in [3.63, 3.8) is 0 Å². The smallest absolute Gasteiger partial charge is 0.270 e. The number of nitrogens with zero attached hydrogens (tertiary/aromatic N) is 2. The summed E-state index contributed by atoms with van der Waals surface area (Å²) in [6, 6.07) is 14.8. The Morgan fingerprint density at radius 3 is 2.76 bits per heavy atom. The summed E-state index contributed by atoms with van der Waals surface area (Å²) in [7, 11) is 0. The van der Waals surface area contributed by atoms with Gasteiger partial charge in [0.25, 0.3) is 11.6 Å². The predicted octanol–water partition coefficient (Wildman–Crippen LogP) is 3.56. The van der Waals surface area contributed by atoms with Gasteiger partial charge in [-0.2, -0.15) is 0 Å². The fourth-order valence-corrected chi connectivity index (χ4v) is 4.23. The summed E-state index contributed by atoms with van der Waals surface area (Å²) >= 11 is 1.38. The minimum Gasteiger partial charge on any atom is -0.364 e. The fraction of sp³-hybridized carbons (Fsp3) is 0.167. The molecule has 6 nitrogen and oxygen atoms in total. The maximum absolute atomic E-state index is 12.4. The molecule has 1 aliphatic rings. The van der Waals surface area contributed by atoms with Crippen molar-refractivity contribution in [2.45, 2.75) is 6.54 Å². The second-order valence-corrected chi connectivity index (χ2v) is 6.93. The second-order valence-electron chi connectivity index (χ2n) is 5.88. The molecule has 0 radical (unpaired) electrons. The van der Waals surface area contributed by atoms with Gasteiger partial charge < -0.3 is 10.2 Å². The third-order valence-corrected chi connectivity index (χ3v) is 5.42. The number of rotatable bonds is 3. The van der Waals surface area contributed by atoms with E-state index in [0.29, 0.717) is 24.5 Å². The van der Waals surface area contributed by atoms with E-state index in [9.17, 15) is 14.9 Å². The molecule has 0 bridgehead atoms. The Hall–Kier alpha value is -2.93. The van der Waals surface area contributed by atoms with E-state index in [2.05, 4.69) is 10.2 Å². The average Bonchev–Trinajstić information content (AvgIpc) is 2.93. The summed E-state index contributed by atoms with van der Waals surface area (Å²) in [5.74, 6) is -0.116. The zero-order valence-corrected chi connectivity index (χ0v) is 14.1. The first kappa shape index (κ1) is 15.6. The number of amides is 1. The summed E-state index contributed by atoms with van der Waals surface area (Å²) in [5.41, 5.74) is 1.97. The number of benzene rings is 2. The predicted molar refractivity (Wildman–Crippen MR) is 98.3 cm³/mol. The van der Waals surface area contributed by atoms with Gasteiger partial charge in [-0.05, 0) is 11.6 Å². The first-order valence-electron chi connectivity index (χ1n) is 7.91. The summed E-state index contributed by atoms with van der Waals surface area (Å²) < 4.78 is 0.880. The van der Waals surface area contributed by atoms with Crippen LogP contribution in [0.2, 0.25) is 0 Å². The highest BCUT2D eigenvalue weighted by Gasteiger charge is 2.27. The van der Waals surface area contributed by atoms with E-state index < -0.39 is 4.92 Å². The largest absolute Gasteiger partial charge is 0.364 e. The van der Waals surface area contributed by atoms with E-state index in [-0.39, 0.29) is 11.6 Å². The van der Waals surface area contributed by atoms with Crippen molar-refractivity contribution in [2.75, 3.05) is 18.0 Å². The lowest BCUT2D eigenvalue weighted by Crippen LogP contribution is -2.29. The Morgan fingerprint density at radius 2 is 2.00 bits per heavy atom. The molecule has 1 amide bonds. The minimum absolute atomic E-state index is 0.0393. The van der Waals surface area contributed by atoms with Gasteiger partial charge in [-0.15, -0.1) is 11.3 Å². The first-order valence-corrected chi connectivity index (χ1v) is 8.73. The zero-order valence-electron chi connectivity index (χ0n) is 13.3. The van der Waals surface area contributed by atoms with Crippen molar-refractivity contribution < 1.29 is 9.72 Å².